The summed E-state index contributed by atoms with van der Waals surface area (Å²) in [5.74, 6) is 0.486. The largest absolute Gasteiger partial charge is 0.454 e. The van der Waals surface area contributed by atoms with Crippen LogP contribution in [0.25, 0.3) is 0 Å². The predicted octanol–water partition coefficient (Wildman–Crippen LogP) is 1.07. The molecule has 0 aliphatic carbocycles. The normalized spacial score (nSPS) is 19.0. The second-order valence-electron chi connectivity index (χ2n) is 6.83. The molecule has 0 radical (unpaired) electrons. The number of piperidine rings is 1. The minimum atomic E-state index is -0.835. The Bertz CT molecular complexity index is 864. The summed E-state index contributed by atoms with van der Waals surface area (Å²) < 4.78 is 7.54. The van der Waals surface area contributed by atoms with Crippen molar-refractivity contribution in [1.82, 2.24) is 24.7 Å². The SMILES string of the molecule is CCN1C(=O)NC(=O)C12CCN(C(=O)c1ccc(Cn3ccnc3)o1)CC2. The van der Waals surface area contributed by atoms with Crippen LogP contribution in [0.15, 0.2) is 35.3 Å². The van der Waals surface area contributed by atoms with E-state index < -0.39 is 5.54 Å². The van der Waals surface area contributed by atoms with Crippen molar-refractivity contribution >= 4 is 17.8 Å². The van der Waals surface area contributed by atoms with Crippen LogP contribution in [0.1, 0.15) is 36.1 Å². The van der Waals surface area contributed by atoms with E-state index in [-0.39, 0.29) is 23.6 Å². The number of imidazole rings is 1. The van der Waals surface area contributed by atoms with Crippen LogP contribution >= 0.6 is 0 Å². The molecular weight excluding hydrogens is 350 g/mol. The van der Waals surface area contributed by atoms with E-state index in [0.717, 1.165) is 0 Å². The van der Waals surface area contributed by atoms with E-state index in [1.807, 2.05) is 17.7 Å². The van der Waals surface area contributed by atoms with Gasteiger partial charge < -0.3 is 18.8 Å². The Morgan fingerprint density at radius 3 is 2.74 bits per heavy atom. The van der Waals surface area contributed by atoms with Gasteiger partial charge in [0.05, 0.1) is 12.9 Å². The van der Waals surface area contributed by atoms with E-state index in [1.54, 1.807) is 34.5 Å². The van der Waals surface area contributed by atoms with Crippen LogP contribution in [0.5, 0.6) is 0 Å². The number of nitrogens with one attached hydrogen (secondary N) is 1. The lowest BCUT2D eigenvalue weighted by molar-refractivity contribution is -0.128. The van der Waals surface area contributed by atoms with Crippen molar-refractivity contribution in [2.75, 3.05) is 19.6 Å². The van der Waals surface area contributed by atoms with E-state index in [0.29, 0.717) is 44.8 Å². The second-order valence-corrected chi connectivity index (χ2v) is 6.83. The van der Waals surface area contributed by atoms with Gasteiger partial charge in [-0.25, -0.2) is 9.78 Å². The number of carbonyl (C=O) groups excluding carboxylic acids is 3. The minimum Gasteiger partial charge on any atom is -0.454 e. The van der Waals surface area contributed by atoms with Gasteiger partial charge in [-0.1, -0.05) is 0 Å². The third-order valence-electron chi connectivity index (χ3n) is 5.37. The first-order valence-electron chi connectivity index (χ1n) is 9.00. The molecule has 1 N–H and O–H groups in total. The first-order valence-corrected chi connectivity index (χ1v) is 9.00. The maximum Gasteiger partial charge on any atom is 0.325 e. The average Bonchev–Trinajstić information content (AvgIpc) is 3.38. The molecule has 2 saturated heterocycles. The summed E-state index contributed by atoms with van der Waals surface area (Å²) in [6.07, 6.45) is 6.03. The van der Waals surface area contributed by atoms with E-state index in [4.69, 9.17) is 4.42 Å². The quantitative estimate of drug-likeness (QED) is 0.811. The number of rotatable bonds is 4. The number of hydrogen-bond donors (Lipinski definition) is 1. The third kappa shape index (κ3) is 2.88. The third-order valence-corrected chi connectivity index (χ3v) is 5.37. The van der Waals surface area contributed by atoms with Crippen LogP contribution in [0.3, 0.4) is 0 Å². The highest BCUT2D eigenvalue weighted by atomic mass is 16.4. The first-order chi connectivity index (χ1) is 13.0. The molecule has 0 bridgehead atoms. The maximum absolute atomic E-state index is 12.7. The molecule has 0 aromatic carbocycles. The van der Waals surface area contributed by atoms with Crippen molar-refractivity contribution in [2.45, 2.75) is 31.8 Å². The Kier molecular flexibility index (Phi) is 4.21. The van der Waals surface area contributed by atoms with Crippen LogP contribution < -0.4 is 5.32 Å². The number of furan rings is 1. The molecule has 0 atom stereocenters. The highest BCUT2D eigenvalue weighted by molar-refractivity contribution is 6.07. The maximum atomic E-state index is 12.7. The highest BCUT2D eigenvalue weighted by Crippen LogP contribution is 2.33. The van der Waals surface area contributed by atoms with Crippen molar-refractivity contribution in [3.8, 4) is 0 Å². The number of amides is 4. The van der Waals surface area contributed by atoms with Gasteiger partial charge in [-0.3, -0.25) is 14.9 Å². The summed E-state index contributed by atoms with van der Waals surface area (Å²) in [6.45, 7) is 3.61. The molecule has 2 aliphatic rings. The molecule has 2 aromatic heterocycles. The lowest BCUT2D eigenvalue weighted by atomic mass is 9.86. The molecule has 0 saturated carbocycles. The lowest BCUT2D eigenvalue weighted by Crippen LogP contribution is -2.57. The van der Waals surface area contributed by atoms with Gasteiger partial charge in [0.2, 0.25) is 0 Å². The summed E-state index contributed by atoms with van der Waals surface area (Å²) in [7, 11) is 0. The molecule has 0 unspecified atom stereocenters. The zero-order valence-corrected chi connectivity index (χ0v) is 15.1. The van der Waals surface area contributed by atoms with Crippen LogP contribution in [0.4, 0.5) is 4.79 Å². The summed E-state index contributed by atoms with van der Waals surface area (Å²) in [4.78, 5) is 44.3. The summed E-state index contributed by atoms with van der Waals surface area (Å²) in [6, 6.07) is 3.10. The number of aromatic nitrogens is 2. The van der Waals surface area contributed by atoms with Gasteiger partial charge >= 0.3 is 6.03 Å². The molecule has 2 aliphatic heterocycles. The van der Waals surface area contributed by atoms with Gasteiger partial charge in [0.15, 0.2) is 5.76 Å². The lowest BCUT2D eigenvalue weighted by Gasteiger charge is -2.41. The molecule has 2 fully saturated rings. The Morgan fingerprint density at radius 1 is 1.30 bits per heavy atom. The fourth-order valence-corrected chi connectivity index (χ4v) is 3.91. The molecule has 2 aromatic rings. The average molecular weight is 371 g/mol. The van der Waals surface area contributed by atoms with E-state index in [2.05, 4.69) is 10.3 Å². The Morgan fingerprint density at radius 2 is 2.07 bits per heavy atom. The van der Waals surface area contributed by atoms with Gasteiger partial charge in [-0.05, 0) is 31.9 Å². The van der Waals surface area contributed by atoms with Crippen molar-refractivity contribution in [3.63, 3.8) is 0 Å². The Hall–Kier alpha value is -3.10. The predicted molar refractivity (Wildman–Crippen MR) is 93.8 cm³/mol. The number of hydrogen-bond acceptors (Lipinski definition) is 5. The molecule has 27 heavy (non-hydrogen) atoms. The number of likely N-dealkylation sites (tertiary alicyclic amines) is 1. The smallest absolute Gasteiger partial charge is 0.325 e. The minimum absolute atomic E-state index is 0.200. The number of likely N-dealkylation sites (N-methyl/N-ethyl adjacent to an activating group) is 1. The zero-order valence-electron chi connectivity index (χ0n) is 15.1. The fourth-order valence-electron chi connectivity index (χ4n) is 3.91. The number of carbonyl (C=O) groups is 3. The number of imide groups is 1. The molecule has 9 nitrogen and oxygen atoms in total. The monoisotopic (exact) mass is 371 g/mol. The van der Waals surface area contributed by atoms with Gasteiger partial charge in [0, 0.05) is 32.0 Å². The molecular formula is C18H21N5O4. The standard InChI is InChI=1S/C18H21N5O4/c1-2-23-17(26)20-16(25)18(23)5-8-22(9-6-18)15(24)14-4-3-13(27-14)11-21-10-7-19-12-21/h3-4,7,10,12H,2,5-6,8-9,11H2,1H3,(H,20,25,26). The fraction of sp³-hybridized carbons (Fsp3) is 0.444. The molecule has 4 heterocycles. The van der Waals surface area contributed by atoms with E-state index in [1.165, 1.54) is 0 Å². The molecule has 9 heteroatoms. The van der Waals surface area contributed by atoms with E-state index >= 15 is 0 Å². The van der Waals surface area contributed by atoms with Gasteiger partial charge in [-0.2, -0.15) is 0 Å². The summed E-state index contributed by atoms with van der Waals surface area (Å²) in [5, 5.41) is 2.40. The Balaban J connectivity index is 1.42. The molecule has 1 spiro atoms. The van der Waals surface area contributed by atoms with Gasteiger partial charge in [-0.15, -0.1) is 0 Å². The molecule has 4 amide bonds. The summed E-state index contributed by atoms with van der Waals surface area (Å²) >= 11 is 0. The number of nitrogens with zero attached hydrogens (tertiary/aromatic N) is 4. The molecule has 142 valence electrons. The first kappa shape index (κ1) is 17.3. The van der Waals surface area contributed by atoms with E-state index in [9.17, 15) is 14.4 Å². The number of urea groups is 1. The van der Waals surface area contributed by atoms with Gasteiger partial charge in [0.25, 0.3) is 11.8 Å². The highest BCUT2D eigenvalue weighted by Gasteiger charge is 2.53. The van der Waals surface area contributed by atoms with Crippen molar-refractivity contribution < 1.29 is 18.8 Å². The van der Waals surface area contributed by atoms with Crippen LogP contribution in [0.2, 0.25) is 0 Å². The Labute approximate surface area is 155 Å². The van der Waals surface area contributed by atoms with Crippen molar-refractivity contribution in [2.24, 2.45) is 0 Å². The van der Waals surface area contributed by atoms with Crippen molar-refractivity contribution in [1.29, 1.82) is 0 Å². The van der Waals surface area contributed by atoms with Crippen LogP contribution in [0, 0.1) is 0 Å². The summed E-state index contributed by atoms with van der Waals surface area (Å²) in [5.41, 5.74) is -0.835. The topological polar surface area (TPSA) is 101 Å². The van der Waals surface area contributed by atoms with Crippen LogP contribution in [-0.2, 0) is 11.3 Å². The van der Waals surface area contributed by atoms with Gasteiger partial charge in [0.1, 0.15) is 11.3 Å². The molecule has 4 rings (SSSR count). The second kappa shape index (κ2) is 6.57. The van der Waals surface area contributed by atoms with Crippen LogP contribution in [-0.4, -0.2) is 62.4 Å². The zero-order chi connectivity index (χ0) is 19.0. The van der Waals surface area contributed by atoms with Crippen molar-refractivity contribution in [3.05, 3.63) is 42.4 Å².